The van der Waals surface area contributed by atoms with Crippen molar-refractivity contribution in [3.05, 3.63) is 70.1 Å². The topological polar surface area (TPSA) is 94.2 Å². The number of ether oxygens (including phenoxy) is 1. The number of halogens is 2. The number of rotatable bonds is 5. The first kappa shape index (κ1) is 20.2. The summed E-state index contributed by atoms with van der Waals surface area (Å²) in [6.07, 6.45) is 2.27. The van der Waals surface area contributed by atoms with Crippen LogP contribution in [0.3, 0.4) is 0 Å². The second kappa shape index (κ2) is 8.33. The molecule has 30 heavy (non-hydrogen) atoms. The molecule has 0 saturated heterocycles. The summed E-state index contributed by atoms with van der Waals surface area (Å²) < 4.78 is 19.8. The summed E-state index contributed by atoms with van der Waals surface area (Å²) in [6, 6.07) is 7.71. The number of aromatic nitrogens is 3. The molecule has 0 spiro atoms. The van der Waals surface area contributed by atoms with E-state index in [1.807, 2.05) is 0 Å². The molecule has 4 rings (SSSR count). The number of fused-ring (bicyclic) bond motifs is 1. The molecule has 3 heterocycles. The van der Waals surface area contributed by atoms with Gasteiger partial charge in [-0.15, -0.1) is 0 Å². The molecule has 1 aromatic carbocycles. The number of methoxy groups -OCH3 is 1. The molecule has 1 aliphatic heterocycles. The third kappa shape index (κ3) is 4.10. The highest BCUT2D eigenvalue weighted by Gasteiger charge is 2.25. The fourth-order valence-corrected chi connectivity index (χ4v) is 3.73. The van der Waals surface area contributed by atoms with E-state index in [1.54, 1.807) is 37.6 Å². The molecule has 0 fully saturated rings. The van der Waals surface area contributed by atoms with Crippen molar-refractivity contribution in [3.8, 4) is 17.0 Å². The first-order chi connectivity index (χ1) is 14.4. The number of benzene rings is 1. The second-order valence-corrected chi connectivity index (χ2v) is 7.38. The Morgan fingerprint density at radius 3 is 2.83 bits per heavy atom. The van der Waals surface area contributed by atoms with E-state index in [0.29, 0.717) is 59.6 Å². The van der Waals surface area contributed by atoms with E-state index >= 15 is 0 Å². The summed E-state index contributed by atoms with van der Waals surface area (Å²) in [5, 5.41) is 0.304. The van der Waals surface area contributed by atoms with Crippen molar-refractivity contribution in [1.82, 2.24) is 19.9 Å². The van der Waals surface area contributed by atoms with Gasteiger partial charge in [-0.2, -0.15) is 4.98 Å². The fraction of sp³-hybridized carbons (Fsp3) is 0.238. The highest BCUT2D eigenvalue weighted by Crippen LogP contribution is 2.33. The summed E-state index contributed by atoms with van der Waals surface area (Å²) in [7, 11) is 1.55. The number of pyridine rings is 1. The number of carbonyl (C=O) groups is 1. The van der Waals surface area contributed by atoms with Crippen LogP contribution >= 0.6 is 11.6 Å². The number of hydrogen-bond acceptors (Lipinski definition) is 6. The Labute approximate surface area is 177 Å². The Bertz CT molecular complexity index is 1120. The van der Waals surface area contributed by atoms with Crippen LogP contribution < -0.4 is 10.5 Å². The van der Waals surface area contributed by atoms with Crippen LogP contribution in [0.1, 0.15) is 27.6 Å². The van der Waals surface area contributed by atoms with Crippen LogP contribution in [0.4, 0.5) is 4.39 Å². The zero-order valence-electron chi connectivity index (χ0n) is 16.2. The minimum Gasteiger partial charge on any atom is -0.481 e. The Hall–Kier alpha value is -3.10. The number of primary amides is 1. The van der Waals surface area contributed by atoms with Gasteiger partial charge in [0.1, 0.15) is 17.3 Å². The molecule has 1 amide bonds. The van der Waals surface area contributed by atoms with E-state index in [1.165, 1.54) is 6.07 Å². The predicted octanol–water partition coefficient (Wildman–Crippen LogP) is 3.00. The van der Waals surface area contributed by atoms with Gasteiger partial charge in [0.05, 0.1) is 19.3 Å². The van der Waals surface area contributed by atoms with Gasteiger partial charge in [0.2, 0.25) is 5.88 Å². The highest BCUT2D eigenvalue weighted by atomic mass is 35.5. The molecule has 0 bridgehead atoms. The fourth-order valence-electron chi connectivity index (χ4n) is 3.57. The zero-order valence-corrected chi connectivity index (χ0v) is 17.0. The smallest absolute Gasteiger partial charge is 0.267 e. The van der Waals surface area contributed by atoms with Crippen molar-refractivity contribution in [2.45, 2.75) is 19.5 Å². The Kier molecular flexibility index (Phi) is 5.61. The molecule has 0 atom stereocenters. The molecule has 0 unspecified atom stereocenters. The standard InChI is InChI=1S/C21H19ClFN5O2/c1-30-20-4-6-25-19(27-20)11-28-7-5-14-15(13-3-2-12(22)8-16(13)23)9-17(21(24)29)26-18(14)10-28/h2-4,6,8-9H,5,7,10-11H2,1H3,(H2,24,29). The van der Waals surface area contributed by atoms with Gasteiger partial charge in [-0.1, -0.05) is 11.6 Å². The quantitative estimate of drug-likeness (QED) is 0.672. The maximum absolute atomic E-state index is 14.6. The number of hydrogen-bond donors (Lipinski definition) is 1. The van der Waals surface area contributed by atoms with Crippen molar-refractivity contribution in [2.24, 2.45) is 5.73 Å². The first-order valence-electron chi connectivity index (χ1n) is 9.31. The molecule has 7 nitrogen and oxygen atoms in total. The number of nitrogens with two attached hydrogens (primary N) is 1. The summed E-state index contributed by atoms with van der Waals surface area (Å²) in [5.41, 5.74) is 8.13. The molecular weight excluding hydrogens is 409 g/mol. The molecule has 1 aliphatic rings. The van der Waals surface area contributed by atoms with E-state index in [2.05, 4.69) is 19.9 Å². The average molecular weight is 428 g/mol. The van der Waals surface area contributed by atoms with Crippen LogP contribution in [0, 0.1) is 5.82 Å². The van der Waals surface area contributed by atoms with Gasteiger partial charge >= 0.3 is 0 Å². The molecule has 154 valence electrons. The van der Waals surface area contributed by atoms with Crippen molar-refractivity contribution in [3.63, 3.8) is 0 Å². The first-order valence-corrected chi connectivity index (χ1v) is 9.68. The lowest BCUT2D eigenvalue weighted by Crippen LogP contribution is -2.32. The highest BCUT2D eigenvalue weighted by molar-refractivity contribution is 6.30. The van der Waals surface area contributed by atoms with E-state index in [9.17, 15) is 9.18 Å². The molecule has 0 aliphatic carbocycles. The van der Waals surface area contributed by atoms with E-state index in [0.717, 1.165) is 5.56 Å². The van der Waals surface area contributed by atoms with Gasteiger partial charge in [-0.05, 0) is 41.8 Å². The van der Waals surface area contributed by atoms with E-state index < -0.39 is 11.7 Å². The van der Waals surface area contributed by atoms with Gasteiger partial charge < -0.3 is 10.5 Å². The second-order valence-electron chi connectivity index (χ2n) is 6.94. The lowest BCUT2D eigenvalue weighted by molar-refractivity contribution is 0.0994. The average Bonchev–Trinajstić information content (AvgIpc) is 2.73. The van der Waals surface area contributed by atoms with Crippen LogP contribution in [0.15, 0.2) is 36.5 Å². The molecule has 0 saturated carbocycles. The van der Waals surface area contributed by atoms with Crippen molar-refractivity contribution >= 4 is 17.5 Å². The van der Waals surface area contributed by atoms with Gasteiger partial charge in [0, 0.05) is 35.9 Å². The van der Waals surface area contributed by atoms with Crippen molar-refractivity contribution in [2.75, 3.05) is 13.7 Å². The van der Waals surface area contributed by atoms with E-state index in [-0.39, 0.29) is 5.69 Å². The van der Waals surface area contributed by atoms with Crippen molar-refractivity contribution in [1.29, 1.82) is 0 Å². The Morgan fingerprint density at radius 1 is 1.27 bits per heavy atom. The van der Waals surface area contributed by atoms with Gasteiger partial charge in [-0.25, -0.2) is 14.4 Å². The van der Waals surface area contributed by atoms with Crippen LogP contribution in [-0.4, -0.2) is 39.4 Å². The maximum atomic E-state index is 14.6. The summed E-state index contributed by atoms with van der Waals surface area (Å²) >= 11 is 5.89. The number of carbonyl (C=O) groups excluding carboxylic acids is 1. The molecular formula is C21H19ClFN5O2. The molecule has 3 aromatic rings. The molecule has 2 aromatic heterocycles. The van der Waals surface area contributed by atoms with Crippen LogP contribution in [0.5, 0.6) is 5.88 Å². The minimum absolute atomic E-state index is 0.0950. The zero-order chi connectivity index (χ0) is 21.3. The largest absolute Gasteiger partial charge is 0.481 e. The number of amides is 1. The van der Waals surface area contributed by atoms with Crippen LogP contribution in [0.25, 0.3) is 11.1 Å². The van der Waals surface area contributed by atoms with E-state index in [4.69, 9.17) is 22.1 Å². The molecule has 0 radical (unpaired) electrons. The normalized spacial score (nSPS) is 13.7. The minimum atomic E-state index is -0.665. The Balaban J connectivity index is 1.69. The Morgan fingerprint density at radius 2 is 2.10 bits per heavy atom. The lowest BCUT2D eigenvalue weighted by Gasteiger charge is -2.29. The van der Waals surface area contributed by atoms with Gasteiger partial charge in [0.15, 0.2) is 0 Å². The third-order valence-corrected chi connectivity index (χ3v) is 5.22. The predicted molar refractivity (Wildman–Crippen MR) is 110 cm³/mol. The van der Waals surface area contributed by atoms with Crippen molar-refractivity contribution < 1.29 is 13.9 Å². The van der Waals surface area contributed by atoms with Gasteiger partial charge in [-0.3, -0.25) is 9.69 Å². The summed E-state index contributed by atoms with van der Waals surface area (Å²) in [4.78, 5) is 27.0. The molecule has 2 N–H and O–H groups in total. The maximum Gasteiger partial charge on any atom is 0.267 e. The van der Waals surface area contributed by atoms with Gasteiger partial charge in [0.25, 0.3) is 5.91 Å². The summed E-state index contributed by atoms with van der Waals surface area (Å²) in [5.74, 6) is -0.0138. The lowest BCUT2D eigenvalue weighted by atomic mass is 9.93. The molecule has 9 heteroatoms. The van der Waals surface area contributed by atoms with Crippen LogP contribution in [0.2, 0.25) is 5.02 Å². The monoisotopic (exact) mass is 427 g/mol. The summed E-state index contributed by atoms with van der Waals surface area (Å²) in [6.45, 7) is 1.65. The third-order valence-electron chi connectivity index (χ3n) is 4.99. The SMILES string of the molecule is COc1ccnc(CN2CCc3c(-c4ccc(Cl)cc4F)cc(C(N)=O)nc3C2)n1. The van der Waals surface area contributed by atoms with Crippen LogP contribution in [-0.2, 0) is 19.5 Å². The number of nitrogens with zero attached hydrogens (tertiary/aromatic N) is 4.